The van der Waals surface area contributed by atoms with Gasteiger partial charge in [0.25, 0.3) is 0 Å². The summed E-state index contributed by atoms with van der Waals surface area (Å²) in [6.07, 6.45) is 4.01. The van der Waals surface area contributed by atoms with Crippen LogP contribution in [0.3, 0.4) is 0 Å². The van der Waals surface area contributed by atoms with E-state index in [1.807, 2.05) is 12.1 Å². The van der Waals surface area contributed by atoms with E-state index in [4.69, 9.17) is 9.15 Å². The normalized spacial score (nSPS) is 15.1. The summed E-state index contributed by atoms with van der Waals surface area (Å²) in [6, 6.07) is 4.19. The minimum Gasteiger partial charge on any atom is -0.468 e. The van der Waals surface area contributed by atoms with Gasteiger partial charge in [0.1, 0.15) is 5.76 Å². The maximum Gasteiger partial charge on any atom is 0.120 e. The largest absolute Gasteiger partial charge is 0.468 e. The van der Waals surface area contributed by atoms with E-state index in [2.05, 4.69) is 19.2 Å². The second kappa shape index (κ2) is 6.64. The van der Waals surface area contributed by atoms with Crippen molar-refractivity contribution in [2.45, 2.75) is 38.8 Å². The lowest BCUT2D eigenvalue weighted by Crippen LogP contribution is -2.25. The monoisotopic (exact) mass is 211 g/mol. The van der Waals surface area contributed by atoms with Gasteiger partial charge >= 0.3 is 0 Å². The second-order valence-electron chi connectivity index (χ2n) is 3.80. The minimum atomic E-state index is 0.240. The lowest BCUT2D eigenvalue weighted by molar-refractivity contribution is 0.0975. The van der Waals surface area contributed by atoms with Gasteiger partial charge in [-0.15, -0.1) is 0 Å². The average Bonchev–Trinajstić information content (AvgIpc) is 2.77. The van der Waals surface area contributed by atoms with Crippen LogP contribution in [0, 0.1) is 0 Å². The van der Waals surface area contributed by atoms with Gasteiger partial charge in [-0.3, -0.25) is 0 Å². The lowest BCUT2D eigenvalue weighted by atomic mass is 10.1. The molecule has 0 aliphatic carbocycles. The number of hydrogen-bond donors (Lipinski definition) is 1. The Balaban J connectivity index is 2.53. The van der Waals surface area contributed by atoms with Crippen molar-refractivity contribution >= 4 is 0 Å². The first-order valence-corrected chi connectivity index (χ1v) is 5.57. The molecule has 2 unspecified atom stereocenters. The molecule has 3 heteroatoms. The first kappa shape index (κ1) is 12.3. The van der Waals surface area contributed by atoms with Crippen LogP contribution < -0.4 is 5.32 Å². The van der Waals surface area contributed by atoms with Crippen LogP contribution in [0.25, 0.3) is 0 Å². The molecule has 0 fully saturated rings. The molecule has 0 saturated carbocycles. The maximum absolute atomic E-state index is 5.42. The van der Waals surface area contributed by atoms with E-state index in [0.717, 1.165) is 25.1 Å². The quantitative estimate of drug-likeness (QED) is 0.753. The van der Waals surface area contributed by atoms with Gasteiger partial charge < -0.3 is 14.5 Å². The fourth-order valence-electron chi connectivity index (χ4n) is 1.54. The fourth-order valence-corrected chi connectivity index (χ4v) is 1.54. The predicted molar refractivity (Wildman–Crippen MR) is 60.8 cm³/mol. The maximum atomic E-state index is 5.42. The highest BCUT2D eigenvalue weighted by Crippen LogP contribution is 2.19. The van der Waals surface area contributed by atoms with Gasteiger partial charge in [-0.1, -0.05) is 6.92 Å². The highest BCUT2D eigenvalue weighted by Gasteiger charge is 2.16. The van der Waals surface area contributed by atoms with Gasteiger partial charge in [-0.05, 0) is 38.4 Å². The number of furan rings is 1. The van der Waals surface area contributed by atoms with E-state index in [1.165, 1.54) is 0 Å². The van der Waals surface area contributed by atoms with Crippen molar-refractivity contribution in [1.29, 1.82) is 0 Å². The van der Waals surface area contributed by atoms with Crippen LogP contribution in [-0.2, 0) is 4.74 Å². The van der Waals surface area contributed by atoms with Crippen molar-refractivity contribution in [3.63, 3.8) is 0 Å². The molecule has 0 aromatic carbocycles. The Labute approximate surface area is 91.8 Å². The summed E-state index contributed by atoms with van der Waals surface area (Å²) in [5, 5.41) is 3.46. The zero-order chi connectivity index (χ0) is 11.1. The van der Waals surface area contributed by atoms with Gasteiger partial charge in [0.05, 0.1) is 18.4 Å². The SMILES string of the molecule is CCCNC(CC(C)OC)c1ccco1. The lowest BCUT2D eigenvalue weighted by Gasteiger charge is -2.19. The smallest absolute Gasteiger partial charge is 0.120 e. The Morgan fingerprint density at radius 1 is 1.53 bits per heavy atom. The molecule has 15 heavy (non-hydrogen) atoms. The van der Waals surface area contributed by atoms with E-state index in [-0.39, 0.29) is 12.1 Å². The third kappa shape index (κ3) is 4.06. The summed E-state index contributed by atoms with van der Waals surface area (Å²) in [7, 11) is 1.74. The summed E-state index contributed by atoms with van der Waals surface area (Å²) in [5.74, 6) is 0.993. The molecule has 0 radical (unpaired) electrons. The fraction of sp³-hybridized carbons (Fsp3) is 0.667. The molecule has 3 nitrogen and oxygen atoms in total. The molecular formula is C12H21NO2. The number of ether oxygens (including phenoxy) is 1. The molecule has 86 valence electrons. The number of nitrogens with one attached hydrogen (secondary N) is 1. The first-order valence-electron chi connectivity index (χ1n) is 5.57. The molecule has 1 aromatic rings. The molecule has 0 amide bonds. The Morgan fingerprint density at radius 2 is 2.33 bits per heavy atom. The zero-order valence-electron chi connectivity index (χ0n) is 9.82. The van der Waals surface area contributed by atoms with Crippen molar-refractivity contribution in [3.8, 4) is 0 Å². The van der Waals surface area contributed by atoms with E-state index in [0.29, 0.717) is 0 Å². The van der Waals surface area contributed by atoms with Crippen LogP contribution in [0.15, 0.2) is 22.8 Å². The molecule has 2 atom stereocenters. The molecular weight excluding hydrogens is 190 g/mol. The zero-order valence-corrected chi connectivity index (χ0v) is 9.82. The molecule has 0 saturated heterocycles. The number of hydrogen-bond acceptors (Lipinski definition) is 3. The van der Waals surface area contributed by atoms with Crippen LogP contribution in [0.5, 0.6) is 0 Å². The molecule has 1 N–H and O–H groups in total. The van der Waals surface area contributed by atoms with Crippen molar-refractivity contribution < 1.29 is 9.15 Å². The van der Waals surface area contributed by atoms with Crippen molar-refractivity contribution in [2.75, 3.05) is 13.7 Å². The van der Waals surface area contributed by atoms with E-state index >= 15 is 0 Å². The van der Waals surface area contributed by atoms with Gasteiger partial charge in [-0.25, -0.2) is 0 Å². The highest BCUT2D eigenvalue weighted by molar-refractivity contribution is 5.04. The average molecular weight is 211 g/mol. The molecule has 1 rings (SSSR count). The third-order valence-electron chi connectivity index (χ3n) is 2.50. The first-order chi connectivity index (χ1) is 7.27. The van der Waals surface area contributed by atoms with Gasteiger partial charge in [0.15, 0.2) is 0 Å². The van der Waals surface area contributed by atoms with Crippen LogP contribution in [-0.4, -0.2) is 19.8 Å². The summed E-state index contributed by atoms with van der Waals surface area (Å²) in [6.45, 7) is 5.23. The Kier molecular flexibility index (Phi) is 5.43. The van der Waals surface area contributed by atoms with Crippen molar-refractivity contribution in [1.82, 2.24) is 5.32 Å². The molecule has 1 heterocycles. The van der Waals surface area contributed by atoms with E-state index in [9.17, 15) is 0 Å². The Bertz CT molecular complexity index is 246. The Hall–Kier alpha value is -0.800. The highest BCUT2D eigenvalue weighted by atomic mass is 16.5. The topological polar surface area (TPSA) is 34.4 Å². The Morgan fingerprint density at radius 3 is 2.87 bits per heavy atom. The number of rotatable bonds is 7. The van der Waals surface area contributed by atoms with Gasteiger partial charge in [0.2, 0.25) is 0 Å². The predicted octanol–water partition coefficient (Wildman–Crippen LogP) is 2.75. The summed E-state index contributed by atoms with van der Waals surface area (Å²) >= 11 is 0. The van der Waals surface area contributed by atoms with Crippen LogP contribution >= 0.6 is 0 Å². The van der Waals surface area contributed by atoms with E-state index in [1.54, 1.807) is 13.4 Å². The van der Waals surface area contributed by atoms with E-state index < -0.39 is 0 Å². The molecule has 1 aromatic heterocycles. The molecule has 0 aliphatic rings. The van der Waals surface area contributed by atoms with Crippen molar-refractivity contribution in [3.05, 3.63) is 24.2 Å². The molecule has 0 bridgehead atoms. The van der Waals surface area contributed by atoms with Crippen molar-refractivity contribution in [2.24, 2.45) is 0 Å². The van der Waals surface area contributed by atoms with Gasteiger partial charge in [0, 0.05) is 7.11 Å². The van der Waals surface area contributed by atoms with Crippen LogP contribution in [0.4, 0.5) is 0 Å². The summed E-state index contributed by atoms with van der Waals surface area (Å²) < 4.78 is 10.7. The summed E-state index contributed by atoms with van der Waals surface area (Å²) in [4.78, 5) is 0. The van der Waals surface area contributed by atoms with Crippen LogP contribution in [0.2, 0.25) is 0 Å². The molecule has 0 spiro atoms. The third-order valence-corrected chi connectivity index (χ3v) is 2.50. The summed E-state index contributed by atoms with van der Waals surface area (Å²) in [5.41, 5.74) is 0. The van der Waals surface area contributed by atoms with Crippen LogP contribution in [0.1, 0.15) is 38.5 Å². The number of methoxy groups -OCH3 is 1. The van der Waals surface area contributed by atoms with Gasteiger partial charge in [-0.2, -0.15) is 0 Å². The standard InChI is InChI=1S/C12H21NO2/c1-4-7-13-11(9-10(2)14-3)12-6-5-8-15-12/h5-6,8,10-11,13H,4,7,9H2,1-3H3. The molecule has 0 aliphatic heterocycles. The second-order valence-corrected chi connectivity index (χ2v) is 3.80. The minimum absolute atomic E-state index is 0.240.